The van der Waals surface area contributed by atoms with Crippen molar-refractivity contribution in [3.05, 3.63) is 109 Å². The first kappa shape index (κ1) is 19.0. The van der Waals surface area contributed by atoms with Crippen LogP contribution in [0.2, 0.25) is 0 Å². The summed E-state index contributed by atoms with van der Waals surface area (Å²) in [6, 6.07) is 38.7. The summed E-state index contributed by atoms with van der Waals surface area (Å²) in [4.78, 5) is 0. The van der Waals surface area contributed by atoms with Crippen molar-refractivity contribution in [2.24, 2.45) is 0 Å². The van der Waals surface area contributed by atoms with Crippen LogP contribution in [0.5, 0.6) is 11.5 Å². The highest BCUT2D eigenvalue weighted by molar-refractivity contribution is 7.19. The molecule has 0 aliphatic carbocycles. The molecule has 4 aromatic rings. The van der Waals surface area contributed by atoms with Gasteiger partial charge in [0.25, 0.3) is 0 Å². The van der Waals surface area contributed by atoms with E-state index in [9.17, 15) is 0 Å². The van der Waals surface area contributed by atoms with E-state index < -0.39 is 8.07 Å². The molecule has 0 heterocycles. The zero-order valence-electron chi connectivity index (χ0n) is 16.7. The maximum Gasteiger partial charge on any atom is 0.179 e. The maximum atomic E-state index is 5.64. The van der Waals surface area contributed by atoms with Crippen LogP contribution in [0.25, 0.3) is 0 Å². The molecule has 0 bridgehead atoms. The lowest BCUT2D eigenvalue weighted by Crippen LogP contribution is -2.74. The van der Waals surface area contributed by atoms with Gasteiger partial charge in [-0.1, -0.05) is 91.0 Å². The number of rotatable bonds is 6. The third kappa shape index (κ3) is 3.45. The van der Waals surface area contributed by atoms with E-state index in [1.807, 2.05) is 6.07 Å². The first-order valence-electron chi connectivity index (χ1n) is 9.69. The molecule has 0 saturated carbocycles. The highest BCUT2D eigenvalue weighted by atomic mass is 28.3. The van der Waals surface area contributed by atoms with Gasteiger partial charge < -0.3 is 9.47 Å². The Labute approximate surface area is 173 Å². The van der Waals surface area contributed by atoms with E-state index >= 15 is 0 Å². The molecular formula is C26H24O2Si. The van der Waals surface area contributed by atoms with Crippen LogP contribution in [-0.4, -0.2) is 22.3 Å². The van der Waals surface area contributed by atoms with E-state index in [4.69, 9.17) is 9.47 Å². The Morgan fingerprint density at radius 1 is 0.448 bits per heavy atom. The van der Waals surface area contributed by atoms with Gasteiger partial charge in [-0.25, -0.2) is 0 Å². The van der Waals surface area contributed by atoms with Crippen LogP contribution in [0, 0.1) is 0 Å². The van der Waals surface area contributed by atoms with Crippen molar-refractivity contribution in [2.45, 2.75) is 0 Å². The summed E-state index contributed by atoms with van der Waals surface area (Å²) >= 11 is 0. The van der Waals surface area contributed by atoms with Crippen molar-refractivity contribution in [1.82, 2.24) is 0 Å². The van der Waals surface area contributed by atoms with Crippen LogP contribution in [-0.2, 0) is 0 Å². The van der Waals surface area contributed by atoms with Crippen molar-refractivity contribution in [3.63, 3.8) is 0 Å². The second kappa shape index (κ2) is 8.37. The van der Waals surface area contributed by atoms with Crippen molar-refractivity contribution in [3.8, 4) is 11.5 Å². The molecule has 0 aromatic heterocycles. The van der Waals surface area contributed by atoms with E-state index in [2.05, 4.69) is 103 Å². The fraction of sp³-hybridized carbons (Fsp3) is 0.0769. The van der Waals surface area contributed by atoms with E-state index in [0.29, 0.717) is 0 Å². The fourth-order valence-electron chi connectivity index (χ4n) is 4.09. The van der Waals surface area contributed by atoms with Crippen molar-refractivity contribution >= 4 is 28.8 Å². The molecule has 0 radical (unpaired) electrons. The van der Waals surface area contributed by atoms with Crippen LogP contribution in [0.1, 0.15) is 0 Å². The first-order valence-corrected chi connectivity index (χ1v) is 11.7. The van der Waals surface area contributed by atoms with Gasteiger partial charge in [0.2, 0.25) is 0 Å². The van der Waals surface area contributed by atoms with Crippen LogP contribution in [0.3, 0.4) is 0 Å². The van der Waals surface area contributed by atoms with Gasteiger partial charge in [-0.2, -0.15) is 0 Å². The molecule has 0 amide bonds. The molecule has 0 atom stereocenters. The molecule has 0 saturated heterocycles. The molecule has 2 nitrogen and oxygen atoms in total. The SMILES string of the molecule is COc1cc(OC)cc([Si](c2ccccc2)(c2ccccc2)c2ccccc2)c1. The number of methoxy groups -OCH3 is 2. The molecule has 144 valence electrons. The number of benzene rings is 4. The Bertz CT molecular complexity index is 945. The molecular weight excluding hydrogens is 372 g/mol. The predicted molar refractivity (Wildman–Crippen MR) is 123 cm³/mol. The zero-order chi connectivity index (χ0) is 20.1. The standard InChI is InChI=1S/C26H24O2Si/c1-27-21-18-22(28-2)20-26(19-21)29(23-12-6-3-7-13-23,24-14-8-4-9-15-24)25-16-10-5-11-17-25/h3-20H,1-2H3. The van der Waals surface area contributed by atoms with Gasteiger partial charge in [-0.05, 0) is 32.9 Å². The quantitative estimate of drug-likeness (QED) is 0.368. The first-order chi connectivity index (χ1) is 14.3. The third-order valence-electron chi connectivity index (χ3n) is 5.40. The van der Waals surface area contributed by atoms with Gasteiger partial charge in [0.1, 0.15) is 11.5 Å². The average Bonchev–Trinajstić information content (AvgIpc) is 2.81. The number of hydrogen-bond donors (Lipinski definition) is 0. The van der Waals surface area contributed by atoms with Gasteiger partial charge in [0.05, 0.1) is 14.2 Å². The van der Waals surface area contributed by atoms with Crippen LogP contribution in [0.4, 0.5) is 0 Å². The molecule has 4 rings (SSSR count). The molecule has 29 heavy (non-hydrogen) atoms. The van der Waals surface area contributed by atoms with Gasteiger partial charge in [-0.15, -0.1) is 0 Å². The Hall–Kier alpha value is -3.30. The van der Waals surface area contributed by atoms with E-state index in [1.165, 1.54) is 20.7 Å². The van der Waals surface area contributed by atoms with Crippen LogP contribution < -0.4 is 30.2 Å². The molecule has 0 spiro atoms. The Morgan fingerprint density at radius 2 is 0.793 bits per heavy atom. The van der Waals surface area contributed by atoms with Gasteiger partial charge in [-0.3, -0.25) is 0 Å². The lowest BCUT2D eigenvalue weighted by atomic mass is 10.3. The molecule has 3 heteroatoms. The van der Waals surface area contributed by atoms with Gasteiger partial charge in [0.15, 0.2) is 8.07 Å². The van der Waals surface area contributed by atoms with Gasteiger partial charge >= 0.3 is 0 Å². The van der Waals surface area contributed by atoms with Crippen LogP contribution in [0.15, 0.2) is 109 Å². The van der Waals surface area contributed by atoms with Crippen molar-refractivity contribution < 1.29 is 9.47 Å². The lowest BCUT2D eigenvalue weighted by molar-refractivity contribution is 0.395. The second-order valence-corrected chi connectivity index (χ2v) is 10.8. The van der Waals surface area contributed by atoms with Crippen LogP contribution >= 0.6 is 0 Å². The molecule has 0 fully saturated rings. The zero-order valence-corrected chi connectivity index (χ0v) is 17.7. The highest BCUT2D eigenvalue weighted by Crippen LogP contribution is 2.20. The largest absolute Gasteiger partial charge is 0.497 e. The highest BCUT2D eigenvalue weighted by Gasteiger charge is 2.41. The molecule has 0 N–H and O–H groups in total. The summed E-state index contributed by atoms with van der Waals surface area (Å²) in [7, 11) is 0.852. The Morgan fingerprint density at radius 3 is 1.10 bits per heavy atom. The summed E-state index contributed by atoms with van der Waals surface area (Å²) in [6.45, 7) is 0. The monoisotopic (exact) mass is 396 g/mol. The lowest BCUT2D eigenvalue weighted by Gasteiger charge is -2.34. The van der Waals surface area contributed by atoms with E-state index in [-0.39, 0.29) is 0 Å². The summed E-state index contributed by atoms with van der Waals surface area (Å²) in [5.41, 5.74) is 0. The van der Waals surface area contributed by atoms with Gasteiger partial charge in [0, 0.05) is 6.07 Å². The summed E-state index contributed by atoms with van der Waals surface area (Å²) in [5, 5.41) is 5.21. The normalized spacial score (nSPS) is 11.1. The summed E-state index contributed by atoms with van der Waals surface area (Å²) in [6.07, 6.45) is 0. The summed E-state index contributed by atoms with van der Waals surface area (Å²) < 4.78 is 11.3. The Kier molecular flexibility index (Phi) is 5.50. The predicted octanol–water partition coefficient (Wildman–Crippen LogP) is 3.08. The van der Waals surface area contributed by atoms with E-state index in [0.717, 1.165) is 11.5 Å². The molecule has 0 aliphatic rings. The molecule has 0 unspecified atom stereocenters. The molecule has 0 aliphatic heterocycles. The number of hydrogen-bond acceptors (Lipinski definition) is 2. The average molecular weight is 397 g/mol. The third-order valence-corrected chi connectivity index (χ3v) is 10.2. The minimum atomic E-state index is -2.56. The minimum Gasteiger partial charge on any atom is -0.497 e. The smallest absolute Gasteiger partial charge is 0.179 e. The maximum absolute atomic E-state index is 5.64. The number of ether oxygens (including phenoxy) is 2. The molecule has 4 aromatic carbocycles. The van der Waals surface area contributed by atoms with E-state index in [1.54, 1.807) is 14.2 Å². The second-order valence-electron chi connectivity index (χ2n) is 6.95. The topological polar surface area (TPSA) is 18.5 Å². The van der Waals surface area contributed by atoms with Crippen molar-refractivity contribution in [2.75, 3.05) is 14.2 Å². The van der Waals surface area contributed by atoms with Crippen molar-refractivity contribution in [1.29, 1.82) is 0 Å². The summed E-state index contributed by atoms with van der Waals surface area (Å²) in [5.74, 6) is 1.61. The minimum absolute atomic E-state index is 0.805. The fourth-order valence-corrected chi connectivity index (χ4v) is 8.88. The Balaban J connectivity index is 2.15.